The normalized spacial score (nSPS) is 12.8. The molecule has 6 nitrogen and oxygen atoms in total. The number of carbonyl (C=O) groups is 2. The van der Waals surface area contributed by atoms with E-state index in [1.165, 1.54) is 13.3 Å². The van der Waals surface area contributed by atoms with Gasteiger partial charge in [-0.25, -0.2) is 14.6 Å². The molecule has 0 aliphatic heterocycles. The summed E-state index contributed by atoms with van der Waals surface area (Å²) in [6.45, 7) is 1.96. The Bertz CT molecular complexity index is 906. The SMILES string of the molecule is COC(=O)C(OC(=O)c1cncn1C(C)c1ccccc1)c1ccccc1. The number of methoxy groups -OCH3 is 1. The fourth-order valence-corrected chi connectivity index (χ4v) is 2.82. The first-order valence-corrected chi connectivity index (χ1v) is 8.52. The minimum atomic E-state index is -1.14. The van der Waals surface area contributed by atoms with Gasteiger partial charge < -0.3 is 14.0 Å². The van der Waals surface area contributed by atoms with Gasteiger partial charge in [-0.1, -0.05) is 60.7 Å². The minimum Gasteiger partial charge on any atom is -0.466 e. The molecule has 2 unspecified atom stereocenters. The van der Waals surface area contributed by atoms with Gasteiger partial charge in [-0.15, -0.1) is 0 Å². The van der Waals surface area contributed by atoms with Crippen LogP contribution in [-0.4, -0.2) is 28.6 Å². The third-order valence-corrected chi connectivity index (χ3v) is 4.32. The Morgan fingerprint density at radius 2 is 1.56 bits per heavy atom. The molecule has 0 aliphatic rings. The van der Waals surface area contributed by atoms with Crippen LogP contribution in [0.1, 0.15) is 40.7 Å². The predicted molar refractivity (Wildman–Crippen MR) is 99.1 cm³/mol. The molecule has 2 aromatic carbocycles. The molecule has 3 aromatic rings. The second-order valence-corrected chi connectivity index (χ2v) is 5.99. The van der Waals surface area contributed by atoms with Crippen LogP contribution in [0.5, 0.6) is 0 Å². The summed E-state index contributed by atoms with van der Waals surface area (Å²) >= 11 is 0. The fraction of sp³-hybridized carbons (Fsp3) is 0.190. The number of esters is 2. The van der Waals surface area contributed by atoms with Gasteiger partial charge in [0.05, 0.1) is 25.7 Å². The number of imidazole rings is 1. The standard InChI is InChI=1S/C21H20N2O4/c1-15(16-9-5-3-6-10-16)23-14-22-13-18(23)20(24)27-19(21(25)26-2)17-11-7-4-8-12-17/h3-15,19H,1-2H3. The van der Waals surface area contributed by atoms with Gasteiger partial charge in [0, 0.05) is 5.56 Å². The van der Waals surface area contributed by atoms with E-state index in [-0.39, 0.29) is 11.7 Å². The number of hydrogen-bond donors (Lipinski definition) is 0. The molecule has 27 heavy (non-hydrogen) atoms. The van der Waals surface area contributed by atoms with Crippen LogP contribution in [0.25, 0.3) is 0 Å². The molecular formula is C21H20N2O4. The summed E-state index contributed by atoms with van der Waals surface area (Å²) < 4.78 is 12.0. The fourth-order valence-electron chi connectivity index (χ4n) is 2.82. The van der Waals surface area contributed by atoms with Gasteiger partial charge >= 0.3 is 11.9 Å². The molecule has 0 saturated carbocycles. The first-order valence-electron chi connectivity index (χ1n) is 8.52. The van der Waals surface area contributed by atoms with Crippen molar-refractivity contribution in [3.05, 3.63) is 90.0 Å². The summed E-state index contributed by atoms with van der Waals surface area (Å²) in [4.78, 5) is 29.0. The van der Waals surface area contributed by atoms with E-state index in [4.69, 9.17) is 9.47 Å². The Kier molecular flexibility index (Phi) is 5.66. The van der Waals surface area contributed by atoms with Gasteiger partial charge in [0.2, 0.25) is 6.10 Å². The summed E-state index contributed by atoms with van der Waals surface area (Å²) in [5.41, 5.74) is 1.83. The van der Waals surface area contributed by atoms with Crippen molar-refractivity contribution in [2.24, 2.45) is 0 Å². The highest BCUT2D eigenvalue weighted by Gasteiger charge is 2.28. The quantitative estimate of drug-likeness (QED) is 0.626. The number of hydrogen-bond acceptors (Lipinski definition) is 5. The number of aromatic nitrogens is 2. The van der Waals surface area contributed by atoms with Crippen LogP contribution in [-0.2, 0) is 14.3 Å². The first-order chi connectivity index (χ1) is 13.1. The van der Waals surface area contributed by atoms with Crippen LogP contribution in [0, 0.1) is 0 Å². The zero-order valence-corrected chi connectivity index (χ0v) is 15.1. The highest BCUT2D eigenvalue weighted by molar-refractivity contribution is 5.90. The monoisotopic (exact) mass is 364 g/mol. The van der Waals surface area contributed by atoms with E-state index in [0.717, 1.165) is 5.56 Å². The number of nitrogens with zero attached hydrogens (tertiary/aromatic N) is 2. The number of ether oxygens (including phenoxy) is 2. The van der Waals surface area contributed by atoms with E-state index in [2.05, 4.69) is 4.98 Å². The van der Waals surface area contributed by atoms with Gasteiger partial charge in [-0.05, 0) is 12.5 Å². The number of benzene rings is 2. The summed E-state index contributed by atoms with van der Waals surface area (Å²) in [6.07, 6.45) is 1.87. The highest BCUT2D eigenvalue weighted by Crippen LogP contribution is 2.23. The summed E-state index contributed by atoms with van der Waals surface area (Å²) in [7, 11) is 1.26. The molecule has 0 fully saturated rings. The van der Waals surface area contributed by atoms with Crippen molar-refractivity contribution in [3.8, 4) is 0 Å². The van der Waals surface area contributed by atoms with Crippen LogP contribution in [0.3, 0.4) is 0 Å². The lowest BCUT2D eigenvalue weighted by atomic mass is 10.1. The third kappa shape index (κ3) is 4.06. The van der Waals surface area contributed by atoms with Crippen LogP contribution in [0.2, 0.25) is 0 Å². The maximum Gasteiger partial charge on any atom is 0.357 e. The molecule has 0 aliphatic carbocycles. The van der Waals surface area contributed by atoms with Crippen LogP contribution < -0.4 is 0 Å². The molecule has 1 aromatic heterocycles. The van der Waals surface area contributed by atoms with Crippen molar-refractivity contribution in [1.82, 2.24) is 9.55 Å². The minimum absolute atomic E-state index is 0.121. The lowest BCUT2D eigenvalue weighted by Crippen LogP contribution is -2.23. The molecule has 6 heteroatoms. The molecule has 0 spiro atoms. The van der Waals surface area contributed by atoms with Crippen molar-refractivity contribution >= 4 is 11.9 Å². The molecule has 0 radical (unpaired) electrons. The lowest BCUT2D eigenvalue weighted by Gasteiger charge is -2.19. The lowest BCUT2D eigenvalue weighted by molar-refractivity contribution is -0.151. The first kappa shape index (κ1) is 18.4. The van der Waals surface area contributed by atoms with Crippen molar-refractivity contribution in [2.45, 2.75) is 19.1 Å². The van der Waals surface area contributed by atoms with Crippen LogP contribution in [0.15, 0.2) is 73.2 Å². The largest absolute Gasteiger partial charge is 0.466 e. The summed E-state index contributed by atoms with van der Waals surface area (Å²) in [6, 6.07) is 18.4. The molecular weight excluding hydrogens is 344 g/mol. The third-order valence-electron chi connectivity index (χ3n) is 4.32. The van der Waals surface area contributed by atoms with Crippen LogP contribution >= 0.6 is 0 Å². The van der Waals surface area contributed by atoms with Crippen LogP contribution in [0.4, 0.5) is 0 Å². The Morgan fingerprint density at radius 3 is 2.15 bits per heavy atom. The molecule has 3 rings (SSSR count). The van der Waals surface area contributed by atoms with E-state index in [1.807, 2.05) is 43.3 Å². The average molecular weight is 364 g/mol. The van der Waals surface area contributed by atoms with Crippen molar-refractivity contribution in [1.29, 1.82) is 0 Å². The second kappa shape index (κ2) is 8.31. The zero-order chi connectivity index (χ0) is 19.2. The van der Waals surface area contributed by atoms with E-state index in [0.29, 0.717) is 5.56 Å². The Hall–Kier alpha value is -3.41. The van der Waals surface area contributed by atoms with E-state index < -0.39 is 18.0 Å². The zero-order valence-electron chi connectivity index (χ0n) is 15.1. The van der Waals surface area contributed by atoms with E-state index >= 15 is 0 Å². The Morgan fingerprint density at radius 1 is 0.963 bits per heavy atom. The van der Waals surface area contributed by atoms with Crippen molar-refractivity contribution in [3.63, 3.8) is 0 Å². The van der Waals surface area contributed by atoms with Crippen molar-refractivity contribution in [2.75, 3.05) is 7.11 Å². The molecule has 2 atom stereocenters. The molecule has 0 saturated heterocycles. The molecule has 138 valence electrons. The average Bonchev–Trinajstić information content (AvgIpc) is 3.22. The van der Waals surface area contributed by atoms with E-state index in [9.17, 15) is 9.59 Å². The van der Waals surface area contributed by atoms with Gasteiger partial charge in [-0.3, -0.25) is 0 Å². The molecule has 1 heterocycles. The number of rotatable bonds is 6. The smallest absolute Gasteiger partial charge is 0.357 e. The Labute approximate surface area is 157 Å². The second-order valence-electron chi connectivity index (χ2n) is 5.99. The van der Waals surface area contributed by atoms with Gasteiger partial charge in [-0.2, -0.15) is 0 Å². The van der Waals surface area contributed by atoms with Crippen molar-refractivity contribution < 1.29 is 19.1 Å². The Balaban J connectivity index is 1.86. The maximum atomic E-state index is 12.8. The summed E-state index contributed by atoms with van der Waals surface area (Å²) in [5.74, 6) is -1.29. The maximum absolute atomic E-state index is 12.8. The van der Waals surface area contributed by atoms with Gasteiger partial charge in [0.1, 0.15) is 5.69 Å². The molecule has 0 bridgehead atoms. The highest BCUT2D eigenvalue weighted by atomic mass is 16.6. The number of carbonyl (C=O) groups excluding carboxylic acids is 2. The topological polar surface area (TPSA) is 70.4 Å². The predicted octanol–water partition coefficient (Wildman–Crippen LogP) is 3.56. The van der Waals surface area contributed by atoms with Gasteiger partial charge in [0.25, 0.3) is 0 Å². The molecule has 0 amide bonds. The molecule has 0 N–H and O–H groups in total. The van der Waals surface area contributed by atoms with E-state index in [1.54, 1.807) is 35.2 Å². The summed E-state index contributed by atoms with van der Waals surface area (Å²) in [5, 5.41) is 0. The van der Waals surface area contributed by atoms with Gasteiger partial charge in [0.15, 0.2) is 0 Å².